The van der Waals surface area contributed by atoms with Gasteiger partial charge in [-0.1, -0.05) is 24.3 Å². The van der Waals surface area contributed by atoms with E-state index in [4.69, 9.17) is 0 Å². The van der Waals surface area contributed by atoms with Gasteiger partial charge in [0.1, 0.15) is 5.82 Å². The molecule has 2 aromatic rings. The summed E-state index contributed by atoms with van der Waals surface area (Å²) in [6.07, 6.45) is 5.73. The lowest BCUT2D eigenvalue weighted by Gasteiger charge is -2.24. The first kappa shape index (κ1) is 16.5. The van der Waals surface area contributed by atoms with Gasteiger partial charge in [0.25, 0.3) is 0 Å². The fraction of sp³-hybridized carbons (Fsp3) is 0.167. The third kappa shape index (κ3) is 3.96. The number of rotatable bonds is 4. The van der Waals surface area contributed by atoms with Crippen molar-refractivity contribution in [2.45, 2.75) is 6.42 Å². The van der Waals surface area contributed by atoms with Gasteiger partial charge in [-0.05, 0) is 47.9 Å². The second kappa shape index (κ2) is 7.07. The van der Waals surface area contributed by atoms with Crippen molar-refractivity contribution in [3.8, 4) is 0 Å². The van der Waals surface area contributed by atoms with E-state index in [2.05, 4.69) is 4.98 Å². The molecule has 0 fully saturated rings. The summed E-state index contributed by atoms with van der Waals surface area (Å²) in [6, 6.07) is 11.4. The van der Waals surface area contributed by atoms with Gasteiger partial charge in [-0.3, -0.25) is 4.98 Å². The van der Waals surface area contributed by atoms with E-state index in [1.807, 2.05) is 24.3 Å². The molecule has 124 valence electrons. The Balaban J connectivity index is 1.70. The standard InChI is InChI=1S/C18H17FN2O2S/c19-17-6-4-15(5-7-17)10-14-24(22,23)21-12-8-16(9-13-21)18-3-1-2-11-20-18/h1-8,10-11,14H,9,12-13H2/b14-10+. The molecule has 1 aromatic carbocycles. The molecule has 4 nitrogen and oxygen atoms in total. The summed E-state index contributed by atoms with van der Waals surface area (Å²) < 4.78 is 39.1. The molecule has 0 saturated carbocycles. The monoisotopic (exact) mass is 344 g/mol. The molecule has 0 bridgehead atoms. The molecule has 3 rings (SSSR count). The summed E-state index contributed by atoms with van der Waals surface area (Å²) >= 11 is 0. The molecule has 0 N–H and O–H groups in total. The summed E-state index contributed by atoms with van der Waals surface area (Å²) in [4.78, 5) is 4.29. The van der Waals surface area contributed by atoms with Gasteiger partial charge in [-0.2, -0.15) is 4.31 Å². The number of halogens is 1. The van der Waals surface area contributed by atoms with Crippen LogP contribution in [0.1, 0.15) is 17.7 Å². The molecule has 0 saturated heterocycles. The summed E-state index contributed by atoms with van der Waals surface area (Å²) in [5, 5.41) is 1.17. The highest BCUT2D eigenvalue weighted by molar-refractivity contribution is 7.92. The lowest BCUT2D eigenvalue weighted by molar-refractivity contribution is 0.448. The van der Waals surface area contributed by atoms with E-state index in [1.165, 1.54) is 40.1 Å². The Labute approximate surface area is 141 Å². The molecule has 0 unspecified atom stereocenters. The van der Waals surface area contributed by atoms with Gasteiger partial charge in [0.15, 0.2) is 0 Å². The second-order valence-corrected chi connectivity index (χ2v) is 7.27. The number of aromatic nitrogens is 1. The number of sulfonamides is 1. The van der Waals surface area contributed by atoms with Crippen molar-refractivity contribution in [1.29, 1.82) is 0 Å². The van der Waals surface area contributed by atoms with Crippen molar-refractivity contribution in [2.75, 3.05) is 13.1 Å². The fourth-order valence-corrected chi connectivity index (χ4v) is 3.62. The first-order valence-electron chi connectivity index (χ1n) is 7.59. The molecule has 0 amide bonds. The third-order valence-electron chi connectivity index (χ3n) is 3.83. The minimum absolute atomic E-state index is 0.321. The molecule has 2 heterocycles. The van der Waals surface area contributed by atoms with Crippen LogP contribution in [0.2, 0.25) is 0 Å². The highest BCUT2D eigenvalue weighted by Gasteiger charge is 2.22. The topological polar surface area (TPSA) is 50.3 Å². The van der Waals surface area contributed by atoms with Crippen molar-refractivity contribution in [3.05, 3.63) is 77.2 Å². The molecule has 0 spiro atoms. The molecule has 1 aliphatic rings. The first-order chi connectivity index (χ1) is 11.5. The Morgan fingerprint density at radius 2 is 1.92 bits per heavy atom. The molecular weight excluding hydrogens is 327 g/mol. The van der Waals surface area contributed by atoms with Crippen LogP contribution in [0.15, 0.2) is 60.1 Å². The molecular formula is C18H17FN2O2S. The van der Waals surface area contributed by atoms with E-state index in [-0.39, 0.29) is 5.82 Å². The second-order valence-electron chi connectivity index (χ2n) is 5.45. The largest absolute Gasteiger partial charge is 0.257 e. The van der Waals surface area contributed by atoms with Gasteiger partial charge in [0.05, 0.1) is 5.69 Å². The minimum Gasteiger partial charge on any atom is -0.257 e. The number of hydrogen-bond donors (Lipinski definition) is 0. The van der Waals surface area contributed by atoms with Crippen LogP contribution in [0.25, 0.3) is 11.6 Å². The van der Waals surface area contributed by atoms with Gasteiger partial charge in [-0.25, -0.2) is 12.8 Å². The van der Waals surface area contributed by atoms with Crippen LogP contribution in [0, 0.1) is 5.82 Å². The van der Waals surface area contributed by atoms with E-state index in [0.717, 1.165) is 11.3 Å². The van der Waals surface area contributed by atoms with Crippen molar-refractivity contribution in [1.82, 2.24) is 9.29 Å². The Hall–Kier alpha value is -2.31. The molecule has 6 heteroatoms. The van der Waals surface area contributed by atoms with E-state index >= 15 is 0 Å². The molecule has 1 aliphatic heterocycles. The number of pyridine rings is 1. The summed E-state index contributed by atoms with van der Waals surface area (Å²) in [6.45, 7) is 0.737. The number of benzene rings is 1. The van der Waals surface area contributed by atoms with E-state index in [9.17, 15) is 12.8 Å². The van der Waals surface area contributed by atoms with Crippen LogP contribution >= 0.6 is 0 Å². The maximum absolute atomic E-state index is 12.9. The summed E-state index contributed by atoms with van der Waals surface area (Å²) in [7, 11) is -3.50. The molecule has 0 radical (unpaired) electrons. The van der Waals surface area contributed by atoms with Crippen LogP contribution in [0.4, 0.5) is 4.39 Å². The normalized spacial score (nSPS) is 16.3. The number of hydrogen-bond acceptors (Lipinski definition) is 3. The van der Waals surface area contributed by atoms with Crippen LogP contribution < -0.4 is 0 Å². The SMILES string of the molecule is O=S(=O)(/C=C/c1ccc(F)cc1)N1CC=C(c2ccccn2)CC1. The third-order valence-corrected chi connectivity index (χ3v) is 5.36. The van der Waals surface area contributed by atoms with Crippen LogP contribution in [-0.2, 0) is 10.0 Å². The molecule has 0 atom stereocenters. The van der Waals surface area contributed by atoms with Crippen LogP contribution in [-0.4, -0.2) is 30.8 Å². The average Bonchev–Trinajstić information content (AvgIpc) is 2.62. The Morgan fingerprint density at radius 3 is 2.54 bits per heavy atom. The highest BCUT2D eigenvalue weighted by Crippen LogP contribution is 2.22. The Kier molecular flexibility index (Phi) is 4.87. The maximum atomic E-state index is 12.9. The van der Waals surface area contributed by atoms with Gasteiger partial charge in [0.2, 0.25) is 10.0 Å². The molecule has 0 aliphatic carbocycles. The fourth-order valence-electron chi connectivity index (χ4n) is 2.49. The van der Waals surface area contributed by atoms with Crippen molar-refractivity contribution in [2.24, 2.45) is 0 Å². The quantitative estimate of drug-likeness (QED) is 0.855. The van der Waals surface area contributed by atoms with Gasteiger partial charge < -0.3 is 0 Å². The zero-order chi connectivity index (χ0) is 17.0. The minimum atomic E-state index is -3.50. The van der Waals surface area contributed by atoms with E-state index in [0.29, 0.717) is 25.1 Å². The number of nitrogens with zero attached hydrogens (tertiary/aromatic N) is 2. The molecule has 1 aromatic heterocycles. The summed E-state index contributed by atoms with van der Waals surface area (Å²) in [5.41, 5.74) is 2.59. The predicted octanol–water partition coefficient (Wildman–Crippen LogP) is 3.31. The Morgan fingerprint density at radius 1 is 1.12 bits per heavy atom. The van der Waals surface area contributed by atoms with E-state index < -0.39 is 10.0 Å². The first-order valence-corrected chi connectivity index (χ1v) is 9.09. The highest BCUT2D eigenvalue weighted by atomic mass is 32.2. The van der Waals surface area contributed by atoms with Crippen LogP contribution in [0.3, 0.4) is 0 Å². The lowest BCUT2D eigenvalue weighted by Crippen LogP contribution is -2.33. The van der Waals surface area contributed by atoms with Crippen molar-refractivity contribution < 1.29 is 12.8 Å². The Bertz CT molecular complexity index is 860. The molecule has 24 heavy (non-hydrogen) atoms. The van der Waals surface area contributed by atoms with Gasteiger partial charge >= 0.3 is 0 Å². The predicted molar refractivity (Wildman–Crippen MR) is 92.8 cm³/mol. The maximum Gasteiger partial charge on any atom is 0.236 e. The van der Waals surface area contributed by atoms with Gasteiger partial charge in [-0.15, -0.1) is 0 Å². The van der Waals surface area contributed by atoms with Crippen LogP contribution in [0.5, 0.6) is 0 Å². The summed E-state index contributed by atoms with van der Waals surface area (Å²) in [5.74, 6) is -0.349. The zero-order valence-corrected chi connectivity index (χ0v) is 13.8. The lowest BCUT2D eigenvalue weighted by atomic mass is 10.1. The smallest absolute Gasteiger partial charge is 0.236 e. The average molecular weight is 344 g/mol. The van der Waals surface area contributed by atoms with E-state index in [1.54, 1.807) is 6.20 Å². The van der Waals surface area contributed by atoms with Crippen molar-refractivity contribution >= 4 is 21.7 Å². The zero-order valence-electron chi connectivity index (χ0n) is 13.0. The van der Waals surface area contributed by atoms with Crippen molar-refractivity contribution in [3.63, 3.8) is 0 Å². The van der Waals surface area contributed by atoms with Gasteiger partial charge in [0, 0.05) is 24.7 Å².